The van der Waals surface area contributed by atoms with Gasteiger partial charge in [-0.2, -0.15) is 0 Å². The van der Waals surface area contributed by atoms with Gasteiger partial charge in [0.25, 0.3) is 5.91 Å². The highest BCUT2D eigenvalue weighted by atomic mass is 16.3. The van der Waals surface area contributed by atoms with E-state index in [4.69, 9.17) is 10.2 Å². The second-order valence-corrected chi connectivity index (χ2v) is 5.24. The van der Waals surface area contributed by atoms with E-state index in [1.165, 1.54) is 12.3 Å². The molecule has 8 heteroatoms. The molecule has 2 rings (SSSR count). The zero-order valence-corrected chi connectivity index (χ0v) is 12.4. The van der Waals surface area contributed by atoms with E-state index in [1.807, 2.05) is 4.90 Å². The lowest BCUT2D eigenvalue weighted by molar-refractivity contribution is -0.134. The second-order valence-electron chi connectivity index (χ2n) is 5.24. The fourth-order valence-electron chi connectivity index (χ4n) is 2.36. The van der Waals surface area contributed by atoms with Crippen molar-refractivity contribution in [1.82, 2.24) is 15.1 Å². The van der Waals surface area contributed by atoms with Crippen molar-refractivity contribution in [2.75, 3.05) is 32.7 Å². The Labute approximate surface area is 128 Å². The van der Waals surface area contributed by atoms with Gasteiger partial charge in [-0.1, -0.05) is 0 Å². The molecule has 0 saturated carbocycles. The molecule has 3 amide bonds. The number of primary amides is 1. The molecule has 8 nitrogen and oxygen atoms in total. The largest absolute Gasteiger partial charge is 0.459 e. The Balaban J connectivity index is 1.82. The van der Waals surface area contributed by atoms with Gasteiger partial charge < -0.3 is 20.4 Å². The number of rotatable bonds is 5. The second kappa shape index (κ2) is 7.08. The van der Waals surface area contributed by atoms with Gasteiger partial charge >= 0.3 is 0 Å². The van der Waals surface area contributed by atoms with Crippen LogP contribution in [0.5, 0.6) is 0 Å². The normalized spacial score (nSPS) is 17.0. The van der Waals surface area contributed by atoms with Gasteiger partial charge in [0.1, 0.15) is 6.04 Å². The van der Waals surface area contributed by atoms with Crippen LogP contribution in [0.3, 0.4) is 0 Å². The summed E-state index contributed by atoms with van der Waals surface area (Å²) in [4.78, 5) is 38.6. The molecule has 1 saturated heterocycles. The van der Waals surface area contributed by atoms with Gasteiger partial charge in [-0.15, -0.1) is 0 Å². The van der Waals surface area contributed by atoms with Gasteiger partial charge in [0.05, 0.1) is 12.8 Å². The fourth-order valence-corrected chi connectivity index (χ4v) is 2.36. The average molecular weight is 308 g/mol. The molecule has 1 aromatic rings. The topological polar surface area (TPSA) is 109 Å². The van der Waals surface area contributed by atoms with Crippen LogP contribution >= 0.6 is 0 Å². The number of furan rings is 1. The van der Waals surface area contributed by atoms with Crippen LogP contribution in [0, 0.1) is 0 Å². The molecule has 0 spiro atoms. The molecule has 2 heterocycles. The van der Waals surface area contributed by atoms with Crippen molar-refractivity contribution in [1.29, 1.82) is 0 Å². The highest BCUT2D eigenvalue weighted by molar-refractivity contribution is 5.95. The quantitative estimate of drug-likeness (QED) is 0.727. The van der Waals surface area contributed by atoms with Crippen LogP contribution in [-0.2, 0) is 9.59 Å². The van der Waals surface area contributed by atoms with Crippen LogP contribution in [0.25, 0.3) is 0 Å². The Hall–Kier alpha value is -2.35. The average Bonchev–Trinajstić information content (AvgIpc) is 3.01. The van der Waals surface area contributed by atoms with E-state index >= 15 is 0 Å². The molecule has 3 N–H and O–H groups in total. The third-order valence-corrected chi connectivity index (χ3v) is 3.53. The van der Waals surface area contributed by atoms with Crippen LogP contribution in [0.15, 0.2) is 22.8 Å². The number of carbonyl (C=O) groups excluding carboxylic acids is 3. The number of hydrogen-bond donors (Lipinski definition) is 2. The number of carbonyl (C=O) groups is 3. The maximum absolute atomic E-state index is 12.3. The van der Waals surface area contributed by atoms with Gasteiger partial charge in [0.15, 0.2) is 5.76 Å². The van der Waals surface area contributed by atoms with Crippen molar-refractivity contribution in [3.05, 3.63) is 24.2 Å². The molecular weight excluding hydrogens is 288 g/mol. The Morgan fingerprint density at radius 1 is 1.32 bits per heavy atom. The summed E-state index contributed by atoms with van der Waals surface area (Å²) < 4.78 is 4.99. The van der Waals surface area contributed by atoms with E-state index in [2.05, 4.69) is 5.32 Å². The molecule has 0 aromatic carbocycles. The lowest BCUT2D eigenvalue weighted by atomic mass is 10.2. The standard InChI is InChI=1S/C14H20N4O4/c1-10(16-13(20)11-3-2-8-22-11)14(21)18-6-4-17(5-7-18)9-12(15)19/h2-3,8,10H,4-7,9H2,1H3,(H2,15,19)(H,16,20). The number of piperazine rings is 1. The van der Waals surface area contributed by atoms with Crippen LogP contribution < -0.4 is 11.1 Å². The van der Waals surface area contributed by atoms with Crippen molar-refractivity contribution < 1.29 is 18.8 Å². The number of amides is 3. The summed E-state index contributed by atoms with van der Waals surface area (Å²) in [7, 11) is 0. The highest BCUT2D eigenvalue weighted by Crippen LogP contribution is 2.05. The third-order valence-electron chi connectivity index (χ3n) is 3.53. The molecule has 120 valence electrons. The molecule has 0 bridgehead atoms. The minimum atomic E-state index is -0.639. The minimum absolute atomic E-state index is 0.154. The van der Waals surface area contributed by atoms with Crippen molar-refractivity contribution in [3.8, 4) is 0 Å². The molecule has 1 aliphatic heterocycles. The van der Waals surface area contributed by atoms with Crippen LogP contribution in [-0.4, -0.2) is 66.3 Å². The molecule has 1 aromatic heterocycles. The molecule has 0 radical (unpaired) electrons. The summed E-state index contributed by atoms with van der Waals surface area (Å²) in [5, 5.41) is 2.61. The predicted molar refractivity (Wildman–Crippen MR) is 77.9 cm³/mol. The summed E-state index contributed by atoms with van der Waals surface area (Å²) >= 11 is 0. The zero-order chi connectivity index (χ0) is 16.1. The SMILES string of the molecule is CC(NC(=O)c1ccco1)C(=O)N1CCN(CC(N)=O)CC1. The maximum Gasteiger partial charge on any atom is 0.287 e. The summed E-state index contributed by atoms with van der Waals surface area (Å²) in [6.07, 6.45) is 1.40. The van der Waals surface area contributed by atoms with E-state index < -0.39 is 11.9 Å². The first-order chi connectivity index (χ1) is 10.5. The first kappa shape index (κ1) is 16.0. The van der Waals surface area contributed by atoms with Gasteiger partial charge in [-0.3, -0.25) is 19.3 Å². The Bertz CT molecular complexity index is 535. The third kappa shape index (κ3) is 4.08. The Morgan fingerprint density at radius 3 is 2.55 bits per heavy atom. The van der Waals surface area contributed by atoms with Crippen LogP contribution in [0.1, 0.15) is 17.5 Å². The summed E-state index contributed by atoms with van der Waals surface area (Å²) in [5.74, 6) is -0.776. The predicted octanol–water partition coefficient (Wildman–Crippen LogP) is -0.973. The van der Waals surface area contributed by atoms with E-state index in [1.54, 1.807) is 17.9 Å². The molecule has 1 aliphatic rings. The maximum atomic E-state index is 12.3. The lowest BCUT2D eigenvalue weighted by Crippen LogP contribution is -2.55. The zero-order valence-electron chi connectivity index (χ0n) is 12.4. The molecule has 1 unspecified atom stereocenters. The van der Waals surface area contributed by atoms with Crippen molar-refractivity contribution in [3.63, 3.8) is 0 Å². The Morgan fingerprint density at radius 2 is 2.00 bits per heavy atom. The van der Waals surface area contributed by atoms with Crippen molar-refractivity contribution in [2.45, 2.75) is 13.0 Å². The number of hydrogen-bond acceptors (Lipinski definition) is 5. The fraction of sp³-hybridized carbons (Fsp3) is 0.500. The Kier molecular flexibility index (Phi) is 5.16. The van der Waals surface area contributed by atoms with E-state index in [9.17, 15) is 14.4 Å². The number of nitrogens with one attached hydrogen (secondary N) is 1. The minimum Gasteiger partial charge on any atom is -0.459 e. The van der Waals surface area contributed by atoms with E-state index in [0.717, 1.165) is 0 Å². The molecule has 22 heavy (non-hydrogen) atoms. The number of nitrogens with two attached hydrogens (primary N) is 1. The smallest absolute Gasteiger partial charge is 0.287 e. The van der Waals surface area contributed by atoms with Gasteiger partial charge in [-0.25, -0.2) is 0 Å². The van der Waals surface area contributed by atoms with E-state index in [-0.39, 0.29) is 24.1 Å². The van der Waals surface area contributed by atoms with Gasteiger partial charge in [0.2, 0.25) is 11.8 Å². The molecule has 1 atom stereocenters. The summed E-state index contributed by atoms with van der Waals surface area (Å²) in [5.41, 5.74) is 5.15. The highest BCUT2D eigenvalue weighted by Gasteiger charge is 2.26. The van der Waals surface area contributed by atoms with E-state index in [0.29, 0.717) is 26.2 Å². The lowest BCUT2D eigenvalue weighted by Gasteiger charge is -2.35. The van der Waals surface area contributed by atoms with Crippen LogP contribution in [0.2, 0.25) is 0 Å². The number of nitrogens with zero attached hydrogens (tertiary/aromatic N) is 2. The molecule has 1 fully saturated rings. The van der Waals surface area contributed by atoms with Gasteiger partial charge in [-0.05, 0) is 19.1 Å². The summed E-state index contributed by atoms with van der Waals surface area (Å²) in [6, 6.07) is 2.51. The van der Waals surface area contributed by atoms with Gasteiger partial charge in [0, 0.05) is 26.2 Å². The molecular formula is C14H20N4O4. The first-order valence-corrected chi connectivity index (χ1v) is 7.11. The monoisotopic (exact) mass is 308 g/mol. The van der Waals surface area contributed by atoms with Crippen LogP contribution in [0.4, 0.5) is 0 Å². The summed E-state index contributed by atoms with van der Waals surface area (Å²) in [6.45, 7) is 4.03. The molecule has 0 aliphatic carbocycles. The van der Waals surface area contributed by atoms with Crippen molar-refractivity contribution >= 4 is 17.7 Å². The van der Waals surface area contributed by atoms with Crippen molar-refractivity contribution in [2.24, 2.45) is 5.73 Å². The first-order valence-electron chi connectivity index (χ1n) is 7.11.